The van der Waals surface area contributed by atoms with Crippen molar-refractivity contribution in [2.24, 2.45) is 21.7 Å². The SMILES string of the molecule is CCCCN(CCCC)c1ccc(-c2cc3c(s2)C2(C=C(C(C)(C)C)C(=O)C(C(C)(C)C)=C2)C2(C=C(C(C)(C)C)C(=O)C(C(C)(C)C)=C2)c2sc(-c4ccc(N(CCCC)CCCC)cc4)cc2-3)cc1. The fourth-order valence-corrected chi connectivity index (χ4v) is 13.6. The number of benzene rings is 2. The zero-order valence-corrected chi connectivity index (χ0v) is 47.7. The summed E-state index contributed by atoms with van der Waals surface area (Å²) in [7, 11) is 0. The standard InChI is InChI=1S/C64H86N2O2S2/c1-17-21-33-65(34-22-18-2)45-29-25-43(26-30-45)53-37-47-48-38-54(44-27-31-46(32-28-44)66(35-23-19-3)36-24-20-4)70-58(48)64(41-51(61(11,12)13)56(68)52(42-64)62(14,15)16)63(57(47)69-53)39-49(59(5,6)7)55(67)50(40-63)60(8,9)10/h25-32,37-42H,17-24,33-36H2,1-16H3. The van der Waals surface area contributed by atoms with E-state index in [1.807, 2.05) is 22.7 Å². The highest BCUT2D eigenvalue weighted by atomic mass is 32.1. The van der Waals surface area contributed by atoms with E-state index in [1.54, 1.807) is 0 Å². The van der Waals surface area contributed by atoms with Crippen LogP contribution in [0.25, 0.3) is 32.0 Å². The van der Waals surface area contributed by atoms with E-state index in [0.717, 1.165) is 48.5 Å². The zero-order valence-electron chi connectivity index (χ0n) is 46.1. The molecule has 7 rings (SSSR count). The average Bonchev–Trinajstić information content (AvgIpc) is 3.95. The molecule has 4 nitrogen and oxygen atoms in total. The highest BCUT2D eigenvalue weighted by Crippen LogP contribution is 2.67. The van der Waals surface area contributed by atoms with Crippen molar-refractivity contribution in [3.8, 4) is 32.0 Å². The van der Waals surface area contributed by atoms with Gasteiger partial charge in [0.15, 0.2) is 11.6 Å². The fraction of sp³-hybridized carbons (Fsp3) is 0.531. The molecule has 2 spiro atoms. The first-order valence-corrected chi connectivity index (χ1v) is 28.5. The quantitative estimate of drug-likeness (QED) is 0.112. The third-order valence-electron chi connectivity index (χ3n) is 15.0. The predicted molar refractivity (Wildman–Crippen MR) is 306 cm³/mol. The van der Waals surface area contributed by atoms with Crippen LogP contribution >= 0.6 is 22.7 Å². The van der Waals surface area contributed by atoms with Crippen molar-refractivity contribution >= 4 is 45.6 Å². The third kappa shape index (κ3) is 10.2. The van der Waals surface area contributed by atoms with Gasteiger partial charge in [-0.15, -0.1) is 22.7 Å². The molecule has 0 saturated heterocycles. The van der Waals surface area contributed by atoms with Crippen molar-refractivity contribution in [2.75, 3.05) is 36.0 Å². The van der Waals surface area contributed by atoms with Gasteiger partial charge in [-0.25, -0.2) is 0 Å². The van der Waals surface area contributed by atoms with E-state index in [0.29, 0.717) is 0 Å². The molecule has 0 atom stereocenters. The van der Waals surface area contributed by atoms with E-state index in [2.05, 4.69) is 206 Å². The van der Waals surface area contributed by atoms with Gasteiger partial charge in [-0.1, -0.05) is 185 Å². The number of nitrogens with zero attached hydrogens (tertiary/aromatic N) is 2. The Morgan fingerprint density at radius 2 is 0.671 bits per heavy atom. The number of carbonyl (C=O) groups is 2. The van der Waals surface area contributed by atoms with Crippen molar-refractivity contribution < 1.29 is 9.59 Å². The molecule has 6 heteroatoms. The number of anilines is 2. The van der Waals surface area contributed by atoms with Crippen LogP contribution in [0.1, 0.15) is 172 Å². The maximum Gasteiger partial charge on any atom is 0.185 e. The minimum Gasteiger partial charge on any atom is -0.372 e. The number of carbonyl (C=O) groups excluding carboxylic acids is 2. The first-order valence-electron chi connectivity index (χ1n) is 26.9. The number of unbranched alkanes of at least 4 members (excludes halogenated alkanes) is 4. The highest BCUT2D eigenvalue weighted by Gasteiger charge is 2.61. The minimum absolute atomic E-state index is 0.127. The second kappa shape index (κ2) is 20.3. The normalized spacial score (nSPS) is 16.7. The van der Waals surface area contributed by atoms with Crippen molar-refractivity contribution in [3.05, 3.63) is 117 Å². The Morgan fingerprint density at radius 1 is 0.414 bits per heavy atom. The first-order chi connectivity index (χ1) is 32.8. The minimum atomic E-state index is -0.840. The second-order valence-corrected chi connectivity index (χ2v) is 26.9. The lowest BCUT2D eigenvalue weighted by Gasteiger charge is -2.53. The van der Waals surface area contributed by atoms with Gasteiger partial charge < -0.3 is 9.80 Å². The largest absolute Gasteiger partial charge is 0.372 e. The molecule has 4 aromatic rings. The van der Waals surface area contributed by atoms with Crippen LogP contribution in [0.5, 0.6) is 0 Å². The van der Waals surface area contributed by atoms with Crippen LogP contribution in [0.15, 0.2) is 107 Å². The number of fused-ring (bicyclic) bond motifs is 6. The Hall–Kier alpha value is -4.26. The summed E-state index contributed by atoms with van der Waals surface area (Å²) < 4.78 is 0. The molecule has 376 valence electrons. The molecule has 2 aromatic carbocycles. The number of allylic oxidation sites excluding steroid dienone is 8. The summed E-state index contributed by atoms with van der Waals surface area (Å²) in [5.41, 5.74) is 7.28. The smallest absolute Gasteiger partial charge is 0.185 e. The van der Waals surface area contributed by atoms with Gasteiger partial charge in [-0.3, -0.25) is 9.59 Å². The molecule has 0 fully saturated rings. The average molecular weight is 980 g/mol. The number of rotatable bonds is 16. The van der Waals surface area contributed by atoms with Gasteiger partial charge in [0.25, 0.3) is 0 Å². The lowest BCUT2D eigenvalue weighted by molar-refractivity contribution is -0.115. The maximum atomic E-state index is 15.2. The van der Waals surface area contributed by atoms with Gasteiger partial charge >= 0.3 is 0 Å². The zero-order chi connectivity index (χ0) is 51.2. The molecule has 2 heterocycles. The van der Waals surface area contributed by atoms with Crippen LogP contribution in [0.4, 0.5) is 11.4 Å². The Balaban J connectivity index is 1.59. The van der Waals surface area contributed by atoms with Crippen LogP contribution in [0.2, 0.25) is 0 Å². The van der Waals surface area contributed by atoms with Crippen LogP contribution in [0, 0.1) is 21.7 Å². The first kappa shape index (κ1) is 53.5. The molecule has 0 saturated carbocycles. The number of thiophene rings is 2. The molecule has 3 aliphatic carbocycles. The summed E-state index contributed by atoms with van der Waals surface area (Å²) in [5.74, 6) is 0.254. The van der Waals surface area contributed by atoms with Crippen LogP contribution in [-0.4, -0.2) is 37.7 Å². The molecule has 2 aromatic heterocycles. The summed E-state index contributed by atoms with van der Waals surface area (Å²) in [6.07, 6.45) is 18.9. The lowest BCUT2D eigenvalue weighted by Crippen LogP contribution is -2.52. The Bertz CT molecular complexity index is 2400. The summed E-state index contributed by atoms with van der Waals surface area (Å²) in [6, 6.07) is 23.6. The van der Waals surface area contributed by atoms with E-state index < -0.39 is 32.5 Å². The monoisotopic (exact) mass is 979 g/mol. The number of hydrogen-bond donors (Lipinski definition) is 0. The lowest BCUT2D eigenvalue weighted by atomic mass is 9.49. The van der Waals surface area contributed by atoms with Crippen LogP contribution in [-0.2, 0) is 20.4 Å². The van der Waals surface area contributed by atoms with E-state index >= 15 is 9.59 Å². The molecule has 70 heavy (non-hydrogen) atoms. The van der Waals surface area contributed by atoms with Gasteiger partial charge in [-0.2, -0.15) is 0 Å². The Kier molecular flexibility index (Phi) is 15.5. The van der Waals surface area contributed by atoms with Gasteiger partial charge in [0.2, 0.25) is 0 Å². The van der Waals surface area contributed by atoms with E-state index in [-0.39, 0.29) is 11.6 Å². The molecule has 0 amide bonds. The number of Topliss-reactive ketones (excluding diaryl/α,β-unsaturated/α-hetero) is 2. The summed E-state index contributed by atoms with van der Waals surface area (Å²) >= 11 is 3.75. The van der Waals surface area contributed by atoms with Crippen molar-refractivity contribution in [2.45, 2.75) is 173 Å². The predicted octanol–water partition coefficient (Wildman–Crippen LogP) is 18.2. The molecule has 0 bridgehead atoms. The van der Waals surface area contributed by atoms with Crippen LogP contribution < -0.4 is 9.80 Å². The van der Waals surface area contributed by atoms with Crippen molar-refractivity contribution in [3.63, 3.8) is 0 Å². The molecule has 0 radical (unpaired) electrons. The summed E-state index contributed by atoms with van der Waals surface area (Å²) in [5, 5.41) is 0. The van der Waals surface area contributed by atoms with E-state index in [1.165, 1.54) is 105 Å². The van der Waals surface area contributed by atoms with Crippen molar-refractivity contribution in [1.29, 1.82) is 0 Å². The number of hydrogen-bond acceptors (Lipinski definition) is 6. The molecular formula is C64H86N2O2S2. The maximum absolute atomic E-state index is 15.2. The molecule has 0 N–H and O–H groups in total. The van der Waals surface area contributed by atoms with Gasteiger partial charge in [-0.05, 0) is 106 Å². The summed E-state index contributed by atoms with van der Waals surface area (Å²) in [4.78, 5) is 40.4. The van der Waals surface area contributed by atoms with E-state index in [9.17, 15) is 0 Å². The van der Waals surface area contributed by atoms with Gasteiger partial charge in [0.1, 0.15) is 0 Å². The highest BCUT2D eigenvalue weighted by molar-refractivity contribution is 7.17. The van der Waals surface area contributed by atoms with E-state index in [4.69, 9.17) is 0 Å². The molecule has 0 aliphatic heterocycles. The Labute approximate surface area is 432 Å². The fourth-order valence-electron chi connectivity index (χ4n) is 10.8. The van der Waals surface area contributed by atoms with Crippen LogP contribution in [0.3, 0.4) is 0 Å². The van der Waals surface area contributed by atoms with Gasteiger partial charge in [0, 0.05) is 79.4 Å². The molecule has 3 aliphatic rings. The van der Waals surface area contributed by atoms with Crippen molar-refractivity contribution in [1.82, 2.24) is 0 Å². The second-order valence-electron chi connectivity index (χ2n) is 24.8. The summed E-state index contributed by atoms with van der Waals surface area (Å²) in [6.45, 7) is 39.7. The topological polar surface area (TPSA) is 40.6 Å². The Morgan fingerprint density at radius 3 is 0.900 bits per heavy atom. The third-order valence-corrected chi connectivity index (χ3v) is 17.7. The number of ketones is 2. The molecular weight excluding hydrogens is 893 g/mol. The van der Waals surface area contributed by atoms with Gasteiger partial charge in [0.05, 0.1) is 10.8 Å². The molecule has 0 unspecified atom stereocenters.